The molecule has 0 saturated carbocycles. The number of hydrogen-bond acceptors (Lipinski definition) is 4. The van der Waals surface area contributed by atoms with Gasteiger partial charge in [-0.1, -0.05) is 36.4 Å². The van der Waals surface area contributed by atoms with Crippen molar-refractivity contribution >= 4 is 12.0 Å². The summed E-state index contributed by atoms with van der Waals surface area (Å²) in [7, 11) is 3.01. The van der Waals surface area contributed by atoms with E-state index in [1.54, 1.807) is 13.2 Å². The second-order valence-corrected chi connectivity index (χ2v) is 4.84. The molecule has 0 amide bonds. The lowest BCUT2D eigenvalue weighted by molar-refractivity contribution is -0.134. The third-order valence-corrected chi connectivity index (χ3v) is 3.27. The lowest BCUT2D eigenvalue weighted by Gasteiger charge is -2.07. The van der Waals surface area contributed by atoms with Gasteiger partial charge in [-0.3, -0.25) is 0 Å². The van der Waals surface area contributed by atoms with Crippen molar-refractivity contribution in [1.82, 2.24) is 0 Å². The van der Waals surface area contributed by atoms with Gasteiger partial charge in [-0.15, -0.1) is 0 Å². The molecule has 0 unspecified atom stereocenters. The second kappa shape index (κ2) is 8.76. The number of carbonyl (C=O) groups is 1. The van der Waals surface area contributed by atoms with E-state index in [1.807, 2.05) is 48.5 Å². The SMILES string of the molecule is COCCOc1ccc(-c2ccc(/C=C/C(=O)OC)cc2)cc1. The normalized spacial score (nSPS) is 10.7. The lowest BCUT2D eigenvalue weighted by Crippen LogP contribution is -2.03. The summed E-state index contributed by atoms with van der Waals surface area (Å²) in [6.45, 7) is 1.11. The number of carbonyl (C=O) groups excluding carboxylic acids is 1. The molecule has 0 atom stereocenters. The van der Waals surface area contributed by atoms with E-state index in [4.69, 9.17) is 9.47 Å². The van der Waals surface area contributed by atoms with E-state index in [9.17, 15) is 4.79 Å². The van der Waals surface area contributed by atoms with Gasteiger partial charge in [0.25, 0.3) is 0 Å². The zero-order valence-electron chi connectivity index (χ0n) is 13.3. The topological polar surface area (TPSA) is 44.8 Å². The minimum atomic E-state index is -0.363. The van der Waals surface area contributed by atoms with Gasteiger partial charge in [-0.2, -0.15) is 0 Å². The van der Waals surface area contributed by atoms with Crippen LogP contribution < -0.4 is 4.74 Å². The third-order valence-electron chi connectivity index (χ3n) is 3.27. The molecule has 0 N–H and O–H groups in total. The molecule has 0 aliphatic heterocycles. The smallest absolute Gasteiger partial charge is 0.330 e. The molecular formula is C19H20O4. The fourth-order valence-electron chi connectivity index (χ4n) is 2.01. The van der Waals surface area contributed by atoms with Crippen LogP contribution in [0.4, 0.5) is 0 Å². The van der Waals surface area contributed by atoms with Gasteiger partial charge in [0.1, 0.15) is 12.4 Å². The maximum absolute atomic E-state index is 11.1. The standard InChI is InChI=1S/C19H20O4/c1-21-13-14-23-18-10-8-17(9-11-18)16-6-3-15(4-7-16)5-12-19(20)22-2/h3-12H,13-14H2,1-2H3/b12-5+. The van der Waals surface area contributed by atoms with E-state index in [0.29, 0.717) is 13.2 Å². The van der Waals surface area contributed by atoms with Crippen molar-refractivity contribution < 1.29 is 19.0 Å². The minimum Gasteiger partial charge on any atom is -0.491 e. The van der Waals surface area contributed by atoms with E-state index < -0.39 is 0 Å². The summed E-state index contributed by atoms with van der Waals surface area (Å²) in [5, 5.41) is 0. The molecule has 0 aromatic heterocycles. The molecule has 120 valence electrons. The van der Waals surface area contributed by atoms with Gasteiger partial charge in [0.05, 0.1) is 13.7 Å². The van der Waals surface area contributed by atoms with Crippen molar-refractivity contribution in [1.29, 1.82) is 0 Å². The van der Waals surface area contributed by atoms with Crippen LogP contribution in [0.3, 0.4) is 0 Å². The first kappa shape index (κ1) is 16.8. The summed E-state index contributed by atoms with van der Waals surface area (Å²) in [5.41, 5.74) is 3.15. The maximum Gasteiger partial charge on any atom is 0.330 e. The van der Waals surface area contributed by atoms with Crippen molar-refractivity contribution in [3.05, 3.63) is 60.2 Å². The van der Waals surface area contributed by atoms with Crippen molar-refractivity contribution in [3.63, 3.8) is 0 Å². The quantitative estimate of drug-likeness (QED) is 0.445. The van der Waals surface area contributed by atoms with E-state index in [-0.39, 0.29) is 5.97 Å². The average Bonchev–Trinajstić information content (AvgIpc) is 2.61. The number of esters is 1. The third kappa shape index (κ3) is 5.27. The predicted octanol–water partition coefficient (Wildman–Crippen LogP) is 3.57. The molecule has 0 radical (unpaired) electrons. The number of rotatable bonds is 7. The molecule has 0 aliphatic carbocycles. The van der Waals surface area contributed by atoms with Crippen molar-refractivity contribution in [2.45, 2.75) is 0 Å². The van der Waals surface area contributed by atoms with E-state index in [1.165, 1.54) is 13.2 Å². The largest absolute Gasteiger partial charge is 0.491 e. The second-order valence-electron chi connectivity index (χ2n) is 4.84. The van der Waals surface area contributed by atoms with Crippen LogP contribution in [-0.2, 0) is 14.3 Å². The molecule has 2 aromatic rings. The van der Waals surface area contributed by atoms with Crippen LogP contribution in [0.15, 0.2) is 54.6 Å². The van der Waals surface area contributed by atoms with Crippen LogP contribution in [0.2, 0.25) is 0 Å². The fraction of sp³-hybridized carbons (Fsp3) is 0.211. The molecule has 2 aromatic carbocycles. The van der Waals surface area contributed by atoms with Gasteiger partial charge in [-0.05, 0) is 34.9 Å². The highest BCUT2D eigenvalue weighted by Gasteiger charge is 1.99. The van der Waals surface area contributed by atoms with Crippen LogP contribution in [0.1, 0.15) is 5.56 Å². The van der Waals surface area contributed by atoms with Crippen molar-refractivity contribution in [3.8, 4) is 16.9 Å². The number of ether oxygens (including phenoxy) is 3. The minimum absolute atomic E-state index is 0.363. The van der Waals surface area contributed by atoms with Crippen LogP contribution >= 0.6 is 0 Å². The van der Waals surface area contributed by atoms with Gasteiger partial charge < -0.3 is 14.2 Å². The first-order valence-corrected chi connectivity index (χ1v) is 7.31. The van der Waals surface area contributed by atoms with Crippen LogP contribution in [-0.4, -0.2) is 33.4 Å². The number of hydrogen-bond donors (Lipinski definition) is 0. The van der Waals surface area contributed by atoms with Crippen molar-refractivity contribution in [2.24, 2.45) is 0 Å². The predicted molar refractivity (Wildman–Crippen MR) is 90.3 cm³/mol. The summed E-state index contributed by atoms with van der Waals surface area (Å²) in [6, 6.07) is 15.8. The zero-order valence-corrected chi connectivity index (χ0v) is 13.3. The maximum atomic E-state index is 11.1. The summed E-state index contributed by atoms with van der Waals surface area (Å²) < 4.78 is 15.1. The van der Waals surface area contributed by atoms with Crippen molar-refractivity contribution in [2.75, 3.05) is 27.4 Å². The van der Waals surface area contributed by atoms with E-state index >= 15 is 0 Å². The van der Waals surface area contributed by atoms with Gasteiger partial charge in [-0.25, -0.2) is 4.79 Å². The first-order valence-electron chi connectivity index (χ1n) is 7.31. The summed E-state index contributed by atoms with van der Waals surface area (Å²) in [5.74, 6) is 0.460. The molecule has 0 aliphatic rings. The number of benzene rings is 2. The highest BCUT2D eigenvalue weighted by atomic mass is 16.5. The molecule has 23 heavy (non-hydrogen) atoms. The van der Waals surface area contributed by atoms with Crippen LogP contribution in [0.25, 0.3) is 17.2 Å². The Morgan fingerprint density at radius 2 is 1.52 bits per heavy atom. The summed E-state index contributed by atoms with van der Waals surface area (Å²) >= 11 is 0. The number of methoxy groups -OCH3 is 2. The molecule has 4 heteroatoms. The van der Waals surface area contributed by atoms with Crippen LogP contribution in [0, 0.1) is 0 Å². The summed E-state index contributed by atoms with van der Waals surface area (Å²) in [4.78, 5) is 11.1. The molecule has 4 nitrogen and oxygen atoms in total. The van der Waals surface area contributed by atoms with Gasteiger partial charge in [0.2, 0.25) is 0 Å². The Kier molecular flexibility index (Phi) is 6.39. The molecule has 0 spiro atoms. The molecule has 2 rings (SSSR count). The van der Waals surface area contributed by atoms with E-state index in [2.05, 4.69) is 4.74 Å². The lowest BCUT2D eigenvalue weighted by atomic mass is 10.0. The Bertz CT molecular complexity index is 642. The highest BCUT2D eigenvalue weighted by molar-refractivity contribution is 5.87. The molecule has 0 heterocycles. The van der Waals surface area contributed by atoms with E-state index in [0.717, 1.165) is 22.4 Å². The van der Waals surface area contributed by atoms with Gasteiger partial charge in [0.15, 0.2) is 0 Å². The van der Waals surface area contributed by atoms with Gasteiger partial charge >= 0.3 is 5.97 Å². The summed E-state index contributed by atoms with van der Waals surface area (Å²) in [6.07, 6.45) is 3.13. The fourth-order valence-corrected chi connectivity index (χ4v) is 2.01. The Morgan fingerprint density at radius 1 is 0.913 bits per heavy atom. The Labute approximate surface area is 136 Å². The molecule has 0 bridgehead atoms. The molecule has 0 saturated heterocycles. The Morgan fingerprint density at radius 3 is 2.09 bits per heavy atom. The highest BCUT2D eigenvalue weighted by Crippen LogP contribution is 2.23. The Balaban J connectivity index is 2.01. The first-order chi connectivity index (χ1) is 11.2. The molecular weight excluding hydrogens is 292 g/mol. The van der Waals surface area contributed by atoms with Gasteiger partial charge in [0, 0.05) is 13.2 Å². The average molecular weight is 312 g/mol. The zero-order chi connectivity index (χ0) is 16.5. The molecule has 0 fully saturated rings. The Hall–Kier alpha value is -2.59. The monoisotopic (exact) mass is 312 g/mol. The van der Waals surface area contributed by atoms with Crippen LogP contribution in [0.5, 0.6) is 5.75 Å².